The minimum Gasteiger partial charge on any atom is -0.493 e. The second-order valence-electron chi connectivity index (χ2n) is 8.38. The van der Waals surface area contributed by atoms with E-state index >= 15 is 0 Å². The SMILES string of the molecule is CC#CC(=O)N1CC[C@@H](n2c(=O)n(-c3ccc(Oc4cccc(Cl)c4)c(OC)c3)c3c(N)ncnc32)C1. The van der Waals surface area contributed by atoms with E-state index in [1.165, 1.54) is 18.0 Å². The number of benzene rings is 2. The zero-order chi connectivity index (χ0) is 26.1. The molecule has 1 amide bonds. The molecule has 0 spiro atoms. The summed E-state index contributed by atoms with van der Waals surface area (Å²) in [4.78, 5) is 36.2. The summed E-state index contributed by atoms with van der Waals surface area (Å²) in [6.07, 6.45) is 1.90. The molecule has 10 nitrogen and oxygen atoms in total. The van der Waals surface area contributed by atoms with Crippen LogP contribution < -0.4 is 20.9 Å². The van der Waals surface area contributed by atoms with E-state index in [4.69, 9.17) is 26.8 Å². The molecule has 1 fully saturated rings. The van der Waals surface area contributed by atoms with Gasteiger partial charge in [0.25, 0.3) is 5.91 Å². The van der Waals surface area contributed by atoms with Crippen molar-refractivity contribution < 1.29 is 14.3 Å². The molecule has 188 valence electrons. The zero-order valence-electron chi connectivity index (χ0n) is 20.1. The number of carbonyl (C=O) groups excluding carboxylic acids is 1. The van der Waals surface area contributed by atoms with Crippen molar-refractivity contribution in [2.45, 2.75) is 19.4 Å². The number of aromatic nitrogens is 4. The quantitative estimate of drug-likeness (QED) is 0.402. The van der Waals surface area contributed by atoms with Crippen LogP contribution in [-0.4, -0.2) is 50.1 Å². The largest absolute Gasteiger partial charge is 0.493 e. The first-order valence-corrected chi connectivity index (χ1v) is 11.9. The van der Waals surface area contributed by atoms with Gasteiger partial charge in [-0.1, -0.05) is 23.6 Å². The molecular formula is C26H23ClN6O4. The summed E-state index contributed by atoms with van der Waals surface area (Å²) < 4.78 is 14.5. The number of fused-ring (bicyclic) bond motifs is 1. The Morgan fingerprint density at radius 2 is 2.03 bits per heavy atom. The molecule has 37 heavy (non-hydrogen) atoms. The number of methoxy groups -OCH3 is 1. The van der Waals surface area contributed by atoms with Crippen molar-refractivity contribution in [3.63, 3.8) is 0 Å². The number of carbonyl (C=O) groups is 1. The van der Waals surface area contributed by atoms with E-state index in [0.717, 1.165) is 0 Å². The van der Waals surface area contributed by atoms with Crippen LogP contribution >= 0.6 is 11.6 Å². The Kier molecular flexibility index (Phi) is 6.46. The maximum Gasteiger partial charge on any atom is 0.335 e. The molecule has 2 aromatic heterocycles. The molecule has 2 N–H and O–H groups in total. The summed E-state index contributed by atoms with van der Waals surface area (Å²) in [5.74, 6) is 6.45. The van der Waals surface area contributed by atoms with Crippen LogP contribution in [0.4, 0.5) is 5.82 Å². The minimum absolute atomic E-state index is 0.154. The highest BCUT2D eigenvalue weighted by atomic mass is 35.5. The number of nitrogens with zero attached hydrogens (tertiary/aromatic N) is 5. The third-order valence-corrected chi connectivity index (χ3v) is 6.39. The van der Waals surface area contributed by atoms with E-state index in [0.29, 0.717) is 58.6 Å². The van der Waals surface area contributed by atoms with Gasteiger partial charge in [-0.25, -0.2) is 14.8 Å². The Bertz CT molecular complexity index is 1630. The lowest BCUT2D eigenvalue weighted by atomic mass is 10.2. The van der Waals surface area contributed by atoms with Crippen LogP contribution in [0.5, 0.6) is 17.2 Å². The number of likely N-dealkylation sites (tertiary alicyclic amines) is 1. The van der Waals surface area contributed by atoms with Crippen molar-refractivity contribution in [2.75, 3.05) is 25.9 Å². The summed E-state index contributed by atoms with van der Waals surface area (Å²) in [5.41, 5.74) is 7.13. The number of rotatable bonds is 5. The fraction of sp³-hybridized carbons (Fsp3) is 0.231. The van der Waals surface area contributed by atoms with Gasteiger partial charge in [0, 0.05) is 24.2 Å². The van der Waals surface area contributed by atoms with Gasteiger partial charge in [-0.05, 0) is 49.6 Å². The van der Waals surface area contributed by atoms with Gasteiger partial charge in [-0.3, -0.25) is 13.9 Å². The summed E-state index contributed by atoms with van der Waals surface area (Å²) in [5, 5.41) is 0.539. The van der Waals surface area contributed by atoms with Crippen LogP contribution in [0.3, 0.4) is 0 Å². The second kappa shape index (κ2) is 9.87. The Labute approximate surface area is 217 Å². The topological polar surface area (TPSA) is 118 Å². The summed E-state index contributed by atoms with van der Waals surface area (Å²) in [7, 11) is 1.51. The van der Waals surface area contributed by atoms with Crippen LogP contribution in [0.1, 0.15) is 19.4 Å². The van der Waals surface area contributed by atoms with E-state index in [1.807, 2.05) is 0 Å². The summed E-state index contributed by atoms with van der Waals surface area (Å²) in [6, 6.07) is 11.8. The average molecular weight is 519 g/mol. The van der Waals surface area contributed by atoms with E-state index in [9.17, 15) is 9.59 Å². The number of halogens is 1. The fourth-order valence-electron chi connectivity index (χ4n) is 4.50. The predicted octanol–water partition coefficient (Wildman–Crippen LogP) is 3.42. The lowest BCUT2D eigenvalue weighted by Crippen LogP contribution is -2.31. The lowest BCUT2D eigenvalue weighted by Gasteiger charge is -2.14. The molecule has 2 aromatic carbocycles. The number of nitrogens with two attached hydrogens (primary N) is 1. The molecule has 0 radical (unpaired) electrons. The molecule has 1 saturated heterocycles. The molecule has 0 unspecified atom stereocenters. The second-order valence-corrected chi connectivity index (χ2v) is 8.82. The van der Waals surface area contributed by atoms with Gasteiger partial charge in [-0.2, -0.15) is 0 Å². The number of hydrogen-bond acceptors (Lipinski definition) is 7. The monoisotopic (exact) mass is 518 g/mol. The van der Waals surface area contributed by atoms with Crippen LogP contribution in [0.15, 0.2) is 53.6 Å². The Balaban J connectivity index is 1.58. The molecular weight excluding hydrogens is 496 g/mol. The molecule has 4 aromatic rings. The molecule has 5 rings (SSSR count). The van der Waals surface area contributed by atoms with Crippen LogP contribution in [0.25, 0.3) is 16.9 Å². The lowest BCUT2D eigenvalue weighted by molar-refractivity contribution is -0.124. The van der Waals surface area contributed by atoms with Crippen molar-refractivity contribution in [3.8, 4) is 34.8 Å². The third kappa shape index (κ3) is 4.45. The highest BCUT2D eigenvalue weighted by molar-refractivity contribution is 6.30. The maximum atomic E-state index is 13.8. The number of imidazole rings is 1. The summed E-state index contributed by atoms with van der Waals surface area (Å²) in [6.45, 7) is 2.44. The van der Waals surface area contributed by atoms with Crippen molar-refractivity contribution >= 4 is 34.5 Å². The van der Waals surface area contributed by atoms with Crippen molar-refractivity contribution in [2.24, 2.45) is 0 Å². The van der Waals surface area contributed by atoms with Crippen LogP contribution in [0.2, 0.25) is 5.02 Å². The van der Waals surface area contributed by atoms with Gasteiger partial charge in [0.15, 0.2) is 23.0 Å². The predicted molar refractivity (Wildman–Crippen MR) is 139 cm³/mol. The van der Waals surface area contributed by atoms with Gasteiger partial charge in [0.2, 0.25) is 0 Å². The van der Waals surface area contributed by atoms with E-state index in [-0.39, 0.29) is 23.5 Å². The zero-order valence-corrected chi connectivity index (χ0v) is 20.9. The smallest absolute Gasteiger partial charge is 0.335 e. The number of hydrogen-bond donors (Lipinski definition) is 1. The van der Waals surface area contributed by atoms with Gasteiger partial charge >= 0.3 is 5.69 Å². The van der Waals surface area contributed by atoms with Gasteiger partial charge in [0.05, 0.1) is 18.8 Å². The minimum atomic E-state index is -0.353. The number of anilines is 1. The Morgan fingerprint density at radius 3 is 2.78 bits per heavy atom. The van der Waals surface area contributed by atoms with Crippen LogP contribution in [-0.2, 0) is 4.79 Å². The van der Waals surface area contributed by atoms with Crippen molar-refractivity contribution in [3.05, 3.63) is 64.3 Å². The van der Waals surface area contributed by atoms with E-state index < -0.39 is 0 Å². The first-order valence-electron chi connectivity index (χ1n) is 11.5. The molecule has 0 aliphatic carbocycles. The number of nitrogen functional groups attached to an aromatic ring is 1. The molecule has 0 bridgehead atoms. The van der Waals surface area contributed by atoms with E-state index in [1.54, 1.807) is 58.9 Å². The van der Waals surface area contributed by atoms with Crippen LogP contribution in [0, 0.1) is 11.8 Å². The molecule has 11 heteroatoms. The Hall–Kier alpha value is -4.49. The molecule has 1 aliphatic rings. The normalized spacial score (nSPS) is 14.9. The standard InChI is InChI=1S/C26H23ClN6O4/c1-3-5-22(34)31-11-10-18(14-31)33-25-23(24(28)29-15-30-25)32(26(33)35)17-8-9-20(21(13-17)36-2)37-19-7-4-6-16(27)12-19/h4,6-9,12-13,15,18H,10-11,14H2,1-2H3,(H2,28,29,30)/t18-/m1/s1. The summed E-state index contributed by atoms with van der Waals surface area (Å²) >= 11 is 6.07. The molecule has 0 saturated carbocycles. The highest BCUT2D eigenvalue weighted by Crippen LogP contribution is 2.35. The third-order valence-electron chi connectivity index (χ3n) is 6.16. The first kappa shape index (κ1) is 24.2. The van der Waals surface area contributed by atoms with Gasteiger partial charge in [0.1, 0.15) is 17.6 Å². The Morgan fingerprint density at radius 1 is 1.19 bits per heavy atom. The number of amides is 1. The molecule has 1 atom stereocenters. The fourth-order valence-corrected chi connectivity index (χ4v) is 4.68. The highest BCUT2D eigenvalue weighted by Gasteiger charge is 2.31. The number of ether oxygens (including phenoxy) is 2. The average Bonchev–Trinajstić information content (AvgIpc) is 3.47. The first-order chi connectivity index (χ1) is 17.9. The maximum absolute atomic E-state index is 13.8. The van der Waals surface area contributed by atoms with Gasteiger partial charge < -0.3 is 20.1 Å². The van der Waals surface area contributed by atoms with Crippen molar-refractivity contribution in [1.29, 1.82) is 0 Å². The van der Waals surface area contributed by atoms with E-state index in [2.05, 4.69) is 21.8 Å². The molecule has 1 aliphatic heterocycles. The van der Waals surface area contributed by atoms with Gasteiger partial charge in [-0.15, -0.1) is 0 Å². The van der Waals surface area contributed by atoms with Crippen molar-refractivity contribution in [1.82, 2.24) is 24.0 Å². The molecule has 3 heterocycles.